The van der Waals surface area contributed by atoms with E-state index in [0.29, 0.717) is 6.04 Å². The Balaban J connectivity index is 2.97. The lowest BCUT2D eigenvalue weighted by Gasteiger charge is -2.32. The van der Waals surface area contributed by atoms with E-state index >= 15 is 0 Å². The van der Waals surface area contributed by atoms with Gasteiger partial charge in [0.1, 0.15) is 0 Å². The minimum atomic E-state index is 0.594. The molecule has 1 aromatic rings. The number of nitrogens with zero attached hydrogens (tertiary/aromatic N) is 2. The van der Waals surface area contributed by atoms with Crippen LogP contribution in [0.1, 0.15) is 26.7 Å². The zero-order valence-electron chi connectivity index (χ0n) is 9.79. The summed E-state index contributed by atoms with van der Waals surface area (Å²) in [6.07, 6.45) is 6.04. The molecule has 0 aliphatic rings. The van der Waals surface area contributed by atoms with Gasteiger partial charge in [-0.1, -0.05) is 29.8 Å². The second-order valence-electron chi connectivity index (χ2n) is 3.68. The molecule has 0 unspecified atom stereocenters. The average molecular weight is 350 g/mol. The summed E-state index contributed by atoms with van der Waals surface area (Å²) < 4.78 is 1.07. The molecule has 0 saturated heterocycles. The van der Waals surface area contributed by atoms with E-state index in [-0.39, 0.29) is 0 Å². The number of hydrogen-bond donors (Lipinski definition) is 0. The van der Waals surface area contributed by atoms with Crippen LogP contribution in [0.25, 0.3) is 0 Å². The van der Waals surface area contributed by atoms with Gasteiger partial charge in [0.25, 0.3) is 0 Å². The van der Waals surface area contributed by atoms with E-state index in [4.69, 9.17) is 0 Å². The van der Waals surface area contributed by atoms with Crippen molar-refractivity contribution in [3.05, 3.63) is 22.9 Å². The molecule has 16 heavy (non-hydrogen) atoms. The maximum absolute atomic E-state index is 4.11. The Bertz CT molecular complexity index is 314. The minimum absolute atomic E-state index is 0.594. The number of anilines is 1. The third-order valence-corrected chi connectivity index (χ3v) is 3.73. The van der Waals surface area contributed by atoms with Gasteiger partial charge in [-0.05, 0) is 34.8 Å². The normalized spacial score (nSPS) is 10.8. The topological polar surface area (TPSA) is 16.1 Å². The second kappa shape index (κ2) is 7.28. The Hall–Kier alpha value is -0.0900. The molecule has 1 aromatic heterocycles. The number of halogens is 2. The molecule has 0 radical (unpaired) electrons. The molecular formula is C12H18Br2N2. The lowest BCUT2D eigenvalue weighted by molar-refractivity contribution is 0.568. The molecule has 1 heterocycles. The van der Waals surface area contributed by atoms with Crippen LogP contribution in [-0.2, 0) is 0 Å². The van der Waals surface area contributed by atoms with E-state index in [9.17, 15) is 0 Å². The quantitative estimate of drug-likeness (QED) is 0.714. The molecule has 0 atom stereocenters. The van der Waals surface area contributed by atoms with Gasteiger partial charge in [0.05, 0.1) is 10.2 Å². The fraction of sp³-hybridized carbons (Fsp3) is 0.583. The van der Waals surface area contributed by atoms with Crippen LogP contribution in [0.4, 0.5) is 5.69 Å². The maximum atomic E-state index is 4.11. The van der Waals surface area contributed by atoms with Gasteiger partial charge in [-0.15, -0.1) is 0 Å². The van der Waals surface area contributed by atoms with Gasteiger partial charge in [-0.3, -0.25) is 4.98 Å². The van der Waals surface area contributed by atoms with Crippen LogP contribution >= 0.6 is 31.9 Å². The predicted molar refractivity (Wildman–Crippen MR) is 77.4 cm³/mol. The van der Waals surface area contributed by atoms with Crippen molar-refractivity contribution < 1.29 is 0 Å². The Morgan fingerprint density at radius 2 is 2.06 bits per heavy atom. The van der Waals surface area contributed by atoms with Gasteiger partial charge in [-0.2, -0.15) is 0 Å². The van der Waals surface area contributed by atoms with Gasteiger partial charge in [0.2, 0.25) is 0 Å². The molecule has 0 fully saturated rings. The van der Waals surface area contributed by atoms with E-state index < -0.39 is 0 Å². The lowest BCUT2D eigenvalue weighted by atomic mass is 10.1. The molecule has 0 amide bonds. The Labute approximate surface area is 115 Å². The largest absolute Gasteiger partial charge is 0.367 e. The zero-order chi connectivity index (χ0) is 12.0. The molecule has 2 nitrogen and oxygen atoms in total. The van der Waals surface area contributed by atoms with E-state index in [1.807, 2.05) is 12.4 Å². The summed E-state index contributed by atoms with van der Waals surface area (Å²) in [6, 6.07) is 2.67. The zero-order valence-corrected chi connectivity index (χ0v) is 13.0. The minimum Gasteiger partial charge on any atom is -0.367 e. The summed E-state index contributed by atoms with van der Waals surface area (Å²) in [4.78, 5) is 6.56. The molecule has 1 rings (SSSR count). The van der Waals surface area contributed by atoms with E-state index in [0.717, 1.165) is 29.2 Å². The third-order valence-electron chi connectivity index (χ3n) is 2.77. The summed E-state index contributed by atoms with van der Waals surface area (Å²) in [5, 5.41) is 0.984. The van der Waals surface area contributed by atoms with Gasteiger partial charge in [0, 0.05) is 30.3 Å². The van der Waals surface area contributed by atoms with E-state index in [1.165, 1.54) is 5.69 Å². The van der Waals surface area contributed by atoms with Crippen molar-refractivity contribution in [2.24, 2.45) is 0 Å². The SMILES string of the molecule is CCC(CC)N(CCBr)c1ccncc1Br. The van der Waals surface area contributed by atoms with E-state index in [2.05, 4.69) is 61.7 Å². The Kier molecular flexibility index (Phi) is 6.36. The lowest BCUT2D eigenvalue weighted by Crippen LogP contribution is -2.36. The first-order chi connectivity index (χ1) is 7.74. The van der Waals surface area contributed by atoms with Gasteiger partial charge < -0.3 is 4.90 Å². The fourth-order valence-corrected chi connectivity index (χ4v) is 2.78. The van der Waals surface area contributed by atoms with Crippen molar-refractivity contribution in [1.82, 2.24) is 4.98 Å². The fourth-order valence-electron chi connectivity index (χ4n) is 1.92. The summed E-state index contributed by atoms with van der Waals surface area (Å²) >= 11 is 7.10. The van der Waals surface area contributed by atoms with Gasteiger partial charge in [-0.25, -0.2) is 0 Å². The van der Waals surface area contributed by atoms with Crippen LogP contribution in [0, 0.1) is 0 Å². The van der Waals surface area contributed by atoms with Crippen molar-refractivity contribution in [3.63, 3.8) is 0 Å². The number of rotatable bonds is 6. The molecule has 0 N–H and O–H groups in total. The molecule has 0 aliphatic heterocycles. The average Bonchev–Trinajstić information content (AvgIpc) is 2.30. The molecule has 0 bridgehead atoms. The number of pyridine rings is 1. The highest BCUT2D eigenvalue weighted by atomic mass is 79.9. The first kappa shape index (κ1) is 14.0. The number of hydrogen-bond acceptors (Lipinski definition) is 2. The molecule has 90 valence electrons. The van der Waals surface area contributed by atoms with Crippen molar-refractivity contribution >= 4 is 37.5 Å². The Morgan fingerprint density at radius 1 is 1.38 bits per heavy atom. The van der Waals surface area contributed by atoms with Crippen LogP contribution in [0.5, 0.6) is 0 Å². The van der Waals surface area contributed by atoms with Crippen LogP contribution in [0.2, 0.25) is 0 Å². The first-order valence-corrected chi connectivity index (χ1v) is 7.58. The highest BCUT2D eigenvalue weighted by Gasteiger charge is 2.16. The highest BCUT2D eigenvalue weighted by Crippen LogP contribution is 2.28. The summed E-state index contributed by atoms with van der Waals surface area (Å²) in [7, 11) is 0. The highest BCUT2D eigenvalue weighted by molar-refractivity contribution is 9.10. The predicted octanol–water partition coefficient (Wildman–Crippen LogP) is 4.23. The van der Waals surface area contributed by atoms with Crippen molar-refractivity contribution in [2.75, 3.05) is 16.8 Å². The maximum Gasteiger partial charge on any atom is 0.0592 e. The monoisotopic (exact) mass is 348 g/mol. The van der Waals surface area contributed by atoms with Crippen molar-refractivity contribution in [2.45, 2.75) is 32.7 Å². The second-order valence-corrected chi connectivity index (χ2v) is 5.33. The van der Waals surface area contributed by atoms with Gasteiger partial charge in [0.15, 0.2) is 0 Å². The van der Waals surface area contributed by atoms with Gasteiger partial charge >= 0.3 is 0 Å². The van der Waals surface area contributed by atoms with Crippen molar-refractivity contribution in [1.29, 1.82) is 0 Å². The summed E-state index contributed by atoms with van der Waals surface area (Å²) in [5.41, 5.74) is 1.24. The van der Waals surface area contributed by atoms with Crippen LogP contribution in [0.15, 0.2) is 22.9 Å². The molecule has 0 aliphatic carbocycles. The molecule has 0 spiro atoms. The summed E-state index contributed by atoms with van der Waals surface area (Å²) in [5.74, 6) is 0. The smallest absolute Gasteiger partial charge is 0.0592 e. The van der Waals surface area contributed by atoms with Crippen LogP contribution in [-0.4, -0.2) is 22.9 Å². The third kappa shape index (κ3) is 3.45. The molecule has 0 saturated carbocycles. The van der Waals surface area contributed by atoms with Crippen LogP contribution in [0.3, 0.4) is 0 Å². The standard InChI is InChI=1S/C12H18Br2N2/c1-3-10(4-2)16(8-6-13)12-5-7-15-9-11(12)14/h5,7,9-10H,3-4,6,8H2,1-2H3. The van der Waals surface area contributed by atoms with E-state index in [1.54, 1.807) is 0 Å². The number of alkyl halides is 1. The number of aromatic nitrogens is 1. The molecular weight excluding hydrogens is 332 g/mol. The Morgan fingerprint density at radius 3 is 2.56 bits per heavy atom. The molecule has 0 aromatic carbocycles. The first-order valence-electron chi connectivity index (χ1n) is 5.66. The van der Waals surface area contributed by atoms with Crippen molar-refractivity contribution in [3.8, 4) is 0 Å². The summed E-state index contributed by atoms with van der Waals surface area (Å²) in [6.45, 7) is 5.50. The van der Waals surface area contributed by atoms with Crippen LogP contribution < -0.4 is 4.90 Å². The molecule has 4 heteroatoms.